The van der Waals surface area contributed by atoms with Crippen LogP contribution in [-0.2, 0) is 0 Å². The number of oxazole rings is 1. The van der Waals surface area contributed by atoms with Crippen LogP contribution in [0.1, 0.15) is 6.92 Å². The van der Waals surface area contributed by atoms with Gasteiger partial charge in [0, 0.05) is 0 Å². The molecule has 0 N–H and O–H groups in total. The van der Waals surface area contributed by atoms with E-state index in [1.807, 2.05) is 19.1 Å². The monoisotopic (exact) mass is 241 g/mol. The first-order chi connectivity index (χ1) is 6.33. The van der Waals surface area contributed by atoms with E-state index in [0.717, 1.165) is 21.3 Å². The fraction of sp³-hybridized carbons (Fsp3) is 0.222. The first kappa shape index (κ1) is 8.56. The van der Waals surface area contributed by atoms with E-state index in [1.165, 1.54) is 6.39 Å². The van der Waals surface area contributed by atoms with Gasteiger partial charge in [-0.15, -0.1) is 0 Å². The molecule has 0 spiro atoms. The van der Waals surface area contributed by atoms with Crippen LogP contribution in [0.25, 0.3) is 11.1 Å². The van der Waals surface area contributed by atoms with Gasteiger partial charge in [-0.2, -0.15) is 0 Å². The summed E-state index contributed by atoms with van der Waals surface area (Å²) in [5.74, 6) is 0.759. The van der Waals surface area contributed by atoms with Crippen LogP contribution >= 0.6 is 15.9 Å². The molecule has 0 amide bonds. The molecule has 13 heavy (non-hydrogen) atoms. The van der Waals surface area contributed by atoms with Gasteiger partial charge in [0.2, 0.25) is 0 Å². The number of ether oxygens (including phenoxy) is 1. The van der Waals surface area contributed by atoms with Crippen molar-refractivity contribution in [2.75, 3.05) is 6.61 Å². The molecule has 68 valence electrons. The van der Waals surface area contributed by atoms with Crippen LogP contribution in [-0.4, -0.2) is 11.6 Å². The third kappa shape index (κ3) is 1.42. The predicted molar refractivity (Wildman–Crippen MR) is 52.9 cm³/mol. The van der Waals surface area contributed by atoms with Crippen molar-refractivity contribution >= 4 is 27.0 Å². The average molecular weight is 242 g/mol. The molecule has 0 atom stereocenters. The van der Waals surface area contributed by atoms with Crippen molar-refractivity contribution < 1.29 is 9.15 Å². The van der Waals surface area contributed by atoms with Gasteiger partial charge in [-0.3, -0.25) is 0 Å². The molecule has 0 bridgehead atoms. The molecule has 0 fully saturated rings. The van der Waals surface area contributed by atoms with Crippen LogP contribution in [0, 0.1) is 0 Å². The number of rotatable bonds is 2. The zero-order valence-corrected chi connectivity index (χ0v) is 8.67. The predicted octanol–water partition coefficient (Wildman–Crippen LogP) is 2.99. The Balaban J connectivity index is 2.64. The summed E-state index contributed by atoms with van der Waals surface area (Å²) in [6.07, 6.45) is 1.41. The van der Waals surface area contributed by atoms with Gasteiger partial charge in [0.1, 0.15) is 5.75 Å². The Kier molecular flexibility index (Phi) is 2.22. The molecule has 1 aromatic heterocycles. The molecular formula is C9H8BrNO2. The molecule has 2 aromatic rings. The van der Waals surface area contributed by atoms with Gasteiger partial charge in [0.05, 0.1) is 11.1 Å². The van der Waals surface area contributed by atoms with E-state index in [1.54, 1.807) is 0 Å². The standard InChI is InChI=1S/C9H8BrNO2/c1-2-12-7-4-3-6(10)9-8(7)11-5-13-9/h3-5H,2H2,1H3. The van der Waals surface area contributed by atoms with Crippen LogP contribution in [0.2, 0.25) is 0 Å². The summed E-state index contributed by atoms with van der Waals surface area (Å²) >= 11 is 3.37. The summed E-state index contributed by atoms with van der Waals surface area (Å²) in [4.78, 5) is 4.08. The number of nitrogens with zero attached hydrogens (tertiary/aromatic N) is 1. The molecular weight excluding hydrogens is 234 g/mol. The van der Waals surface area contributed by atoms with Gasteiger partial charge < -0.3 is 9.15 Å². The summed E-state index contributed by atoms with van der Waals surface area (Å²) in [5.41, 5.74) is 1.49. The number of benzene rings is 1. The highest BCUT2D eigenvalue weighted by Crippen LogP contribution is 2.30. The van der Waals surface area contributed by atoms with Crippen molar-refractivity contribution in [3.8, 4) is 5.75 Å². The van der Waals surface area contributed by atoms with Crippen LogP contribution in [0.3, 0.4) is 0 Å². The number of hydrogen-bond acceptors (Lipinski definition) is 3. The van der Waals surface area contributed by atoms with Crippen molar-refractivity contribution in [2.45, 2.75) is 6.92 Å². The quantitative estimate of drug-likeness (QED) is 0.811. The minimum Gasteiger partial charge on any atom is -0.491 e. The fourth-order valence-electron chi connectivity index (χ4n) is 1.17. The van der Waals surface area contributed by atoms with E-state index in [0.29, 0.717) is 6.61 Å². The highest BCUT2D eigenvalue weighted by Gasteiger charge is 2.08. The second-order valence-electron chi connectivity index (χ2n) is 2.51. The lowest BCUT2D eigenvalue weighted by molar-refractivity contribution is 0.343. The number of fused-ring (bicyclic) bond motifs is 1. The molecule has 0 unspecified atom stereocenters. The highest BCUT2D eigenvalue weighted by molar-refractivity contribution is 9.10. The van der Waals surface area contributed by atoms with E-state index in [-0.39, 0.29) is 0 Å². The Morgan fingerprint density at radius 2 is 2.38 bits per heavy atom. The largest absolute Gasteiger partial charge is 0.491 e. The molecule has 0 aliphatic heterocycles. The number of aromatic nitrogens is 1. The van der Waals surface area contributed by atoms with E-state index >= 15 is 0 Å². The second kappa shape index (κ2) is 3.38. The van der Waals surface area contributed by atoms with Crippen molar-refractivity contribution in [3.63, 3.8) is 0 Å². The molecule has 0 radical (unpaired) electrons. The van der Waals surface area contributed by atoms with Crippen LogP contribution in [0.4, 0.5) is 0 Å². The summed E-state index contributed by atoms with van der Waals surface area (Å²) in [6.45, 7) is 2.57. The lowest BCUT2D eigenvalue weighted by Crippen LogP contribution is -1.91. The zero-order valence-electron chi connectivity index (χ0n) is 7.08. The summed E-state index contributed by atoms with van der Waals surface area (Å²) in [5, 5.41) is 0. The molecule has 4 heteroatoms. The van der Waals surface area contributed by atoms with Crippen molar-refractivity contribution in [1.82, 2.24) is 4.98 Å². The van der Waals surface area contributed by atoms with Crippen LogP contribution < -0.4 is 4.74 Å². The third-order valence-corrected chi connectivity index (χ3v) is 2.32. The van der Waals surface area contributed by atoms with E-state index < -0.39 is 0 Å². The minimum absolute atomic E-state index is 0.629. The third-order valence-electron chi connectivity index (χ3n) is 1.70. The van der Waals surface area contributed by atoms with E-state index in [2.05, 4.69) is 20.9 Å². The van der Waals surface area contributed by atoms with Gasteiger partial charge >= 0.3 is 0 Å². The van der Waals surface area contributed by atoms with Crippen LogP contribution in [0.5, 0.6) is 5.75 Å². The SMILES string of the molecule is CCOc1ccc(Br)c2ocnc12. The maximum absolute atomic E-state index is 5.39. The maximum atomic E-state index is 5.39. The maximum Gasteiger partial charge on any atom is 0.182 e. The highest BCUT2D eigenvalue weighted by atomic mass is 79.9. The first-order valence-electron chi connectivity index (χ1n) is 3.97. The van der Waals surface area contributed by atoms with Crippen molar-refractivity contribution in [2.24, 2.45) is 0 Å². The number of hydrogen-bond donors (Lipinski definition) is 0. The van der Waals surface area contributed by atoms with Crippen molar-refractivity contribution in [1.29, 1.82) is 0 Å². The summed E-state index contributed by atoms with van der Waals surface area (Å²) in [7, 11) is 0. The molecule has 2 rings (SSSR count). The Bertz CT molecular complexity index is 424. The topological polar surface area (TPSA) is 35.3 Å². The van der Waals surface area contributed by atoms with Gasteiger partial charge in [-0.25, -0.2) is 4.98 Å². The Morgan fingerprint density at radius 3 is 3.15 bits per heavy atom. The average Bonchev–Trinajstić information content (AvgIpc) is 2.59. The Morgan fingerprint density at radius 1 is 1.54 bits per heavy atom. The minimum atomic E-state index is 0.629. The molecule has 0 saturated carbocycles. The molecule has 0 saturated heterocycles. The number of halogens is 1. The van der Waals surface area contributed by atoms with E-state index in [4.69, 9.17) is 9.15 Å². The lowest BCUT2D eigenvalue weighted by Gasteiger charge is -2.02. The normalized spacial score (nSPS) is 10.6. The molecule has 0 aliphatic carbocycles. The Labute approximate surface area is 83.8 Å². The van der Waals surface area contributed by atoms with Gasteiger partial charge in [0.15, 0.2) is 17.5 Å². The van der Waals surface area contributed by atoms with Gasteiger partial charge in [-0.1, -0.05) is 0 Å². The second-order valence-corrected chi connectivity index (χ2v) is 3.36. The van der Waals surface area contributed by atoms with E-state index in [9.17, 15) is 0 Å². The summed E-state index contributed by atoms with van der Waals surface area (Å²) in [6, 6.07) is 3.76. The summed E-state index contributed by atoms with van der Waals surface area (Å²) < 4.78 is 11.5. The molecule has 3 nitrogen and oxygen atoms in total. The Hall–Kier alpha value is -1.03. The molecule has 0 aliphatic rings. The fourth-order valence-corrected chi connectivity index (χ4v) is 1.58. The smallest absolute Gasteiger partial charge is 0.182 e. The van der Waals surface area contributed by atoms with Crippen LogP contribution in [0.15, 0.2) is 27.4 Å². The first-order valence-corrected chi connectivity index (χ1v) is 4.76. The molecule has 1 heterocycles. The zero-order chi connectivity index (χ0) is 9.26. The molecule has 1 aromatic carbocycles. The van der Waals surface area contributed by atoms with Gasteiger partial charge in [0.25, 0.3) is 0 Å². The van der Waals surface area contributed by atoms with Crippen molar-refractivity contribution in [3.05, 3.63) is 23.0 Å². The van der Waals surface area contributed by atoms with Gasteiger partial charge in [-0.05, 0) is 35.0 Å². The lowest BCUT2D eigenvalue weighted by atomic mass is 10.3.